The highest BCUT2D eigenvalue weighted by molar-refractivity contribution is 5.86. The van der Waals surface area contributed by atoms with Crippen molar-refractivity contribution in [1.82, 2.24) is 9.97 Å². The Morgan fingerprint density at radius 2 is 1.75 bits per heavy atom. The number of rotatable bonds is 3. The molecule has 0 radical (unpaired) electrons. The molecule has 0 fully saturated rings. The molecule has 0 bridgehead atoms. The van der Waals surface area contributed by atoms with Crippen LogP contribution < -0.4 is 16.4 Å². The van der Waals surface area contributed by atoms with Crippen LogP contribution in [0.15, 0.2) is 44.1 Å². The lowest BCUT2D eigenvalue weighted by Gasteiger charge is -2.01. The van der Waals surface area contributed by atoms with Crippen LogP contribution >= 0.6 is 0 Å². The monoisotopic (exact) mass is 275 g/mol. The molecular weight excluding hydrogens is 268 g/mol. The maximum atomic E-state index is 11.4. The second-order valence-corrected chi connectivity index (χ2v) is 3.64. The summed E-state index contributed by atoms with van der Waals surface area (Å²) in [6, 6.07) is 5.18. The van der Waals surface area contributed by atoms with Crippen LogP contribution in [0.5, 0.6) is 5.88 Å². The lowest BCUT2D eigenvalue weighted by atomic mass is 10.2. The van der Waals surface area contributed by atoms with Gasteiger partial charge in [0.2, 0.25) is 11.6 Å². The average molecular weight is 275 g/mol. The van der Waals surface area contributed by atoms with Gasteiger partial charge in [-0.2, -0.15) is 5.11 Å². The Hall–Kier alpha value is -3.23. The third-order valence-electron chi connectivity index (χ3n) is 2.27. The molecule has 102 valence electrons. The fourth-order valence-corrected chi connectivity index (χ4v) is 1.33. The number of carbonyl (C=O) groups excluding carboxylic acids is 1. The smallest absolute Gasteiger partial charge is 0.328 e. The summed E-state index contributed by atoms with van der Waals surface area (Å²) in [5.41, 5.74) is -2.02. The standard InChI is InChI=1S/C11H8N4O5/c16-8-7(9(17)13-11(20)12-8)15-14-6-3-1-5(2-4-6)10(18)19/h1-4H,(H,18,19)(H3,12,13,16,17,20)/p-1. The number of hydrogen-bond donors (Lipinski definition) is 3. The first-order chi connectivity index (χ1) is 9.47. The van der Waals surface area contributed by atoms with Crippen LogP contribution in [0.1, 0.15) is 10.4 Å². The summed E-state index contributed by atoms with van der Waals surface area (Å²) < 4.78 is 0. The first-order valence-electron chi connectivity index (χ1n) is 5.26. The Labute approximate surface area is 110 Å². The van der Waals surface area contributed by atoms with Crippen LogP contribution in [-0.2, 0) is 0 Å². The largest absolute Gasteiger partial charge is 0.545 e. The topological polar surface area (TPSA) is 151 Å². The van der Waals surface area contributed by atoms with Crippen molar-refractivity contribution in [2.24, 2.45) is 10.2 Å². The quantitative estimate of drug-likeness (QED) is 0.648. The van der Waals surface area contributed by atoms with Gasteiger partial charge in [-0.3, -0.25) is 14.8 Å². The number of carboxylic acids is 1. The fourth-order valence-electron chi connectivity index (χ4n) is 1.33. The van der Waals surface area contributed by atoms with Crippen LogP contribution in [0, 0.1) is 0 Å². The molecule has 0 unspecified atom stereocenters. The molecule has 0 amide bonds. The summed E-state index contributed by atoms with van der Waals surface area (Å²) in [7, 11) is 0. The van der Waals surface area contributed by atoms with E-state index >= 15 is 0 Å². The highest BCUT2D eigenvalue weighted by Crippen LogP contribution is 2.20. The molecule has 0 aliphatic heterocycles. The van der Waals surface area contributed by atoms with Gasteiger partial charge >= 0.3 is 5.69 Å². The van der Waals surface area contributed by atoms with Crippen LogP contribution in [0.2, 0.25) is 0 Å². The number of nitrogens with zero attached hydrogens (tertiary/aromatic N) is 2. The minimum absolute atomic E-state index is 0.0336. The molecule has 2 aromatic rings. The van der Waals surface area contributed by atoms with Crippen molar-refractivity contribution >= 4 is 17.3 Å². The van der Waals surface area contributed by atoms with Crippen molar-refractivity contribution in [1.29, 1.82) is 0 Å². The molecule has 3 N–H and O–H groups in total. The van der Waals surface area contributed by atoms with E-state index in [0.717, 1.165) is 0 Å². The predicted molar refractivity (Wildman–Crippen MR) is 64.3 cm³/mol. The number of aromatic amines is 2. The van der Waals surface area contributed by atoms with E-state index in [4.69, 9.17) is 0 Å². The second kappa shape index (κ2) is 5.18. The van der Waals surface area contributed by atoms with Crippen LogP contribution in [0.4, 0.5) is 11.4 Å². The number of carboxylic acid groups (broad SMARTS) is 1. The number of carbonyl (C=O) groups is 1. The molecule has 0 aliphatic rings. The molecule has 0 aliphatic carbocycles. The van der Waals surface area contributed by atoms with Crippen molar-refractivity contribution in [2.45, 2.75) is 0 Å². The van der Waals surface area contributed by atoms with E-state index in [0.29, 0.717) is 0 Å². The van der Waals surface area contributed by atoms with Crippen molar-refractivity contribution in [2.75, 3.05) is 0 Å². The van der Waals surface area contributed by atoms with E-state index in [-0.39, 0.29) is 11.3 Å². The van der Waals surface area contributed by atoms with E-state index in [2.05, 4.69) is 10.2 Å². The van der Waals surface area contributed by atoms with E-state index in [9.17, 15) is 24.6 Å². The van der Waals surface area contributed by atoms with Crippen molar-refractivity contribution in [3.05, 3.63) is 50.7 Å². The summed E-state index contributed by atoms with van der Waals surface area (Å²) in [6.45, 7) is 0. The van der Waals surface area contributed by atoms with Crippen LogP contribution in [-0.4, -0.2) is 21.0 Å². The highest BCUT2D eigenvalue weighted by Gasteiger charge is 2.06. The zero-order valence-corrected chi connectivity index (χ0v) is 9.78. The number of H-pyrrole nitrogens is 2. The molecule has 20 heavy (non-hydrogen) atoms. The Morgan fingerprint density at radius 1 is 1.10 bits per heavy atom. The maximum Gasteiger partial charge on any atom is 0.328 e. The number of benzene rings is 1. The van der Waals surface area contributed by atoms with Gasteiger partial charge in [0.25, 0.3) is 5.56 Å². The molecule has 1 aromatic heterocycles. The van der Waals surface area contributed by atoms with E-state index in [1.807, 2.05) is 9.97 Å². The minimum Gasteiger partial charge on any atom is -0.545 e. The third kappa shape index (κ3) is 2.77. The lowest BCUT2D eigenvalue weighted by Crippen LogP contribution is -2.21. The molecular formula is C11H7N4O5-. The Kier molecular flexibility index (Phi) is 3.42. The zero-order valence-electron chi connectivity index (χ0n) is 9.78. The number of nitrogens with one attached hydrogen (secondary N) is 2. The summed E-state index contributed by atoms with van der Waals surface area (Å²) in [4.78, 5) is 36.5. The molecule has 0 atom stereocenters. The first kappa shape index (κ1) is 13.2. The number of hydrogen-bond acceptors (Lipinski definition) is 7. The fraction of sp³-hybridized carbons (Fsp3) is 0. The van der Waals surface area contributed by atoms with Gasteiger partial charge < -0.3 is 15.0 Å². The van der Waals surface area contributed by atoms with Gasteiger partial charge in [-0.05, 0) is 17.7 Å². The number of aromatic nitrogens is 2. The highest BCUT2D eigenvalue weighted by atomic mass is 16.4. The molecule has 2 rings (SSSR count). The molecule has 0 saturated carbocycles. The normalized spacial score (nSPS) is 10.8. The van der Waals surface area contributed by atoms with Crippen molar-refractivity contribution in [3.8, 4) is 5.88 Å². The van der Waals surface area contributed by atoms with Gasteiger partial charge in [0, 0.05) is 0 Å². The Balaban J connectivity index is 2.32. The van der Waals surface area contributed by atoms with Gasteiger partial charge in [-0.1, -0.05) is 12.1 Å². The maximum absolute atomic E-state index is 11.4. The SMILES string of the molecule is O=C([O-])c1ccc(N=Nc2c(O)[nH]c(=O)[nH]c2=O)cc1. The number of aromatic carboxylic acids is 1. The summed E-state index contributed by atoms with van der Waals surface area (Å²) in [6.07, 6.45) is 0. The van der Waals surface area contributed by atoms with Gasteiger partial charge in [-0.25, -0.2) is 4.79 Å². The number of azo groups is 1. The van der Waals surface area contributed by atoms with Gasteiger partial charge in [0.1, 0.15) is 0 Å². The van der Waals surface area contributed by atoms with E-state index in [1.54, 1.807) is 0 Å². The molecule has 1 aromatic carbocycles. The van der Waals surface area contributed by atoms with Crippen molar-refractivity contribution in [3.63, 3.8) is 0 Å². The molecule has 0 saturated heterocycles. The first-order valence-corrected chi connectivity index (χ1v) is 5.26. The van der Waals surface area contributed by atoms with Gasteiger partial charge in [-0.15, -0.1) is 5.11 Å². The zero-order chi connectivity index (χ0) is 14.7. The molecule has 1 heterocycles. The Morgan fingerprint density at radius 3 is 2.30 bits per heavy atom. The number of aromatic hydroxyl groups is 1. The summed E-state index contributed by atoms with van der Waals surface area (Å²) in [5.74, 6) is -2.04. The Bertz CT molecular complexity index is 788. The average Bonchev–Trinajstić information content (AvgIpc) is 2.38. The molecule has 0 spiro atoms. The lowest BCUT2D eigenvalue weighted by molar-refractivity contribution is -0.255. The summed E-state index contributed by atoms with van der Waals surface area (Å²) in [5, 5.41) is 27.0. The molecule has 9 heteroatoms. The van der Waals surface area contributed by atoms with Crippen LogP contribution in [0.3, 0.4) is 0 Å². The van der Waals surface area contributed by atoms with E-state index in [1.165, 1.54) is 24.3 Å². The minimum atomic E-state index is -1.33. The van der Waals surface area contributed by atoms with E-state index < -0.39 is 28.8 Å². The van der Waals surface area contributed by atoms with Crippen LogP contribution in [0.25, 0.3) is 0 Å². The molecule has 9 nitrogen and oxygen atoms in total. The van der Waals surface area contributed by atoms with Gasteiger partial charge in [0.05, 0.1) is 11.7 Å². The van der Waals surface area contributed by atoms with Gasteiger partial charge in [0.15, 0.2) is 0 Å². The van der Waals surface area contributed by atoms with Crippen molar-refractivity contribution < 1.29 is 15.0 Å². The third-order valence-corrected chi connectivity index (χ3v) is 2.27. The second-order valence-electron chi connectivity index (χ2n) is 3.64. The predicted octanol–water partition coefficient (Wildman–Crippen LogP) is -0.452. The summed E-state index contributed by atoms with van der Waals surface area (Å²) >= 11 is 0.